The van der Waals surface area contributed by atoms with Crippen LogP contribution in [-0.4, -0.2) is 32.2 Å². The van der Waals surface area contributed by atoms with E-state index in [1.54, 1.807) is 0 Å². The molecule has 0 aliphatic rings. The Morgan fingerprint density at radius 3 is 2.35 bits per heavy atom. The molecule has 0 aliphatic heterocycles. The van der Waals surface area contributed by atoms with Gasteiger partial charge in [0.1, 0.15) is 11.1 Å². The zero-order chi connectivity index (χ0) is 12.6. The number of carboxylic acids is 2. The second-order valence-electron chi connectivity index (χ2n) is 3.33. The van der Waals surface area contributed by atoms with E-state index in [0.29, 0.717) is 0 Å². The first-order valence-corrected chi connectivity index (χ1v) is 4.59. The molecule has 0 saturated carbocycles. The van der Waals surface area contributed by atoms with Gasteiger partial charge in [0.05, 0.1) is 5.56 Å². The summed E-state index contributed by atoms with van der Waals surface area (Å²) in [6.45, 7) is 0. The third kappa shape index (κ3) is 1.65. The van der Waals surface area contributed by atoms with Gasteiger partial charge < -0.3 is 15.3 Å². The number of nitrogens with zero attached hydrogens (tertiary/aromatic N) is 1. The van der Waals surface area contributed by atoms with Crippen molar-refractivity contribution < 1.29 is 24.9 Å². The van der Waals surface area contributed by atoms with E-state index >= 15 is 0 Å². The van der Waals surface area contributed by atoms with Gasteiger partial charge in [-0.25, -0.2) is 9.59 Å². The fourth-order valence-electron chi connectivity index (χ4n) is 1.57. The van der Waals surface area contributed by atoms with Gasteiger partial charge >= 0.3 is 11.9 Å². The maximum Gasteiger partial charge on any atom is 0.339 e. The van der Waals surface area contributed by atoms with Crippen LogP contribution in [0.5, 0.6) is 5.75 Å². The van der Waals surface area contributed by atoms with Gasteiger partial charge in [0.2, 0.25) is 0 Å². The standard InChI is InChI=1S/C11H7NO5/c13-9-7(11(16)17)4-6(10(14)15)5-2-1-3-12-8(5)9/h1-4,13H,(H,14,15)(H,16,17). The van der Waals surface area contributed by atoms with Gasteiger partial charge in [0.25, 0.3) is 0 Å². The maximum absolute atomic E-state index is 11.0. The number of fused-ring (bicyclic) bond motifs is 1. The van der Waals surface area contributed by atoms with Crippen LogP contribution in [0, 0.1) is 0 Å². The molecule has 0 amide bonds. The van der Waals surface area contributed by atoms with Crippen LogP contribution in [0.2, 0.25) is 0 Å². The van der Waals surface area contributed by atoms with Gasteiger partial charge in [-0.15, -0.1) is 0 Å². The third-order valence-electron chi connectivity index (χ3n) is 2.33. The van der Waals surface area contributed by atoms with Gasteiger partial charge in [-0.1, -0.05) is 6.07 Å². The quantitative estimate of drug-likeness (QED) is 0.722. The second kappa shape index (κ2) is 3.75. The SMILES string of the molecule is O=C(O)c1cc(C(=O)O)c2cccnc2c1O. The number of hydrogen-bond acceptors (Lipinski definition) is 4. The van der Waals surface area contributed by atoms with Crippen LogP contribution in [0.1, 0.15) is 20.7 Å². The van der Waals surface area contributed by atoms with Crippen LogP contribution in [-0.2, 0) is 0 Å². The second-order valence-corrected chi connectivity index (χ2v) is 3.33. The van der Waals surface area contributed by atoms with Crippen LogP contribution in [0.25, 0.3) is 10.9 Å². The predicted molar refractivity (Wildman–Crippen MR) is 57.3 cm³/mol. The van der Waals surface area contributed by atoms with E-state index < -0.39 is 23.3 Å². The minimum Gasteiger partial charge on any atom is -0.505 e. The first-order valence-electron chi connectivity index (χ1n) is 4.59. The van der Waals surface area contributed by atoms with Crippen LogP contribution in [0.4, 0.5) is 0 Å². The van der Waals surface area contributed by atoms with E-state index in [0.717, 1.165) is 6.07 Å². The third-order valence-corrected chi connectivity index (χ3v) is 2.33. The van der Waals surface area contributed by atoms with Crippen molar-refractivity contribution in [1.29, 1.82) is 0 Å². The molecular formula is C11H7NO5. The number of phenols is 1. The Balaban J connectivity index is 2.94. The molecule has 1 aromatic heterocycles. The summed E-state index contributed by atoms with van der Waals surface area (Å²) in [7, 11) is 0. The molecule has 17 heavy (non-hydrogen) atoms. The summed E-state index contributed by atoms with van der Waals surface area (Å²) in [5.41, 5.74) is -0.721. The summed E-state index contributed by atoms with van der Waals surface area (Å²) in [5.74, 6) is -3.21. The molecule has 1 heterocycles. The van der Waals surface area contributed by atoms with E-state index in [2.05, 4.69) is 4.98 Å². The van der Waals surface area contributed by atoms with Crippen LogP contribution in [0.15, 0.2) is 24.4 Å². The van der Waals surface area contributed by atoms with Crippen molar-refractivity contribution in [3.8, 4) is 5.75 Å². The first-order chi connectivity index (χ1) is 8.02. The molecule has 0 saturated heterocycles. The van der Waals surface area contributed by atoms with Gasteiger partial charge in [-0.05, 0) is 12.1 Å². The zero-order valence-electron chi connectivity index (χ0n) is 8.41. The Morgan fingerprint density at radius 2 is 1.76 bits per heavy atom. The molecule has 2 aromatic rings. The summed E-state index contributed by atoms with van der Waals surface area (Å²) >= 11 is 0. The minimum absolute atomic E-state index is 0.0372. The highest BCUT2D eigenvalue weighted by Crippen LogP contribution is 2.30. The lowest BCUT2D eigenvalue weighted by atomic mass is 10.0. The summed E-state index contributed by atoms with van der Waals surface area (Å²) < 4.78 is 0. The average molecular weight is 233 g/mol. The molecule has 0 bridgehead atoms. The van der Waals surface area contributed by atoms with Crippen LogP contribution >= 0.6 is 0 Å². The molecule has 0 unspecified atom stereocenters. The van der Waals surface area contributed by atoms with Crippen molar-refractivity contribution >= 4 is 22.8 Å². The molecule has 1 aromatic carbocycles. The Hall–Kier alpha value is -2.63. The molecule has 0 radical (unpaired) electrons. The van der Waals surface area contributed by atoms with Gasteiger partial charge in [0, 0.05) is 11.6 Å². The molecule has 0 atom stereocenters. The molecule has 0 fully saturated rings. The Labute approximate surface area is 94.8 Å². The summed E-state index contributed by atoms with van der Waals surface area (Å²) in [6.07, 6.45) is 1.35. The van der Waals surface area contributed by atoms with Crippen LogP contribution in [0.3, 0.4) is 0 Å². The summed E-state index contributed by atoms with van der Waals surface area (Å²) in [6, 6.07) is 3.88. The Bertz CT molecular complexity index is 635. The number of carboxylic acid groups (broad SMARTS) is 2. The predicted octanol–water partition coefficient (Wildman–Crippen LogP) is 1.34. The number of rotatable bonds is 2. The summed E-state index contributed by atoms with van der Waals surface area (Å²) in [5, 5.41) is 27.7. The lowest BCUT2D eigenvalue weighted by Gasteiger charge is -2.06. The molecule has 2 rings (SSSR count). The molecule has 0 spiro atoms. The van der Waals surface area contributed by atoms with Crippen molar-refractivity contribution in [2.45, 2.75) is 0 Å². The largest absolute Gasteiger partial charge is 0.505 e. The fraction of sp³-hybridized carbons (Fsp3) is 0. The normalized spacial score (nSPS) is 10.4. The lowest BCUT2D eigenvalue weighted by Crippen LogP contribution is -2.04. The van der Waals surface area contributed by atoms with Gasteiger partial charge in [-0.3, -0.25) is 4.98 Å². The molecular weight excluding hydrogens is 226 g/mol. The Morgan fingerprint density at radius 1 is 1.12 bits per heavy atom. The smallest absolute Gasteiger partial charge is 0.339 e. The molecule has 3 N–H and O–H groups in total. The lowest BCUT2D eigenvalue weighted by molar-refractivity contribution is 0.0693. The molecule has 6 heteroatoms. The number of hydrogen-bond donors (Lipinski definition) is 3. The molecule has 6 nitrogen and oxygen atoms in total. The topological polar surface area (TPSA) is 108 Å². The van der Waals surface area contributed by atoms with Crippen molar-refractivity contribution in [3.63, 3.8) is 0 Å². The number of carbonyl (C=O) groups is 2. The monoisotopic (exact) mass is 233 g/mol. The number of aromatic carboxylic acids is 2. The first kappa shape index (κ1) is 10.9. The van der Waals surface area contributed by atoms with Crippen molar-refractivity contribution in [3.05, 3.63) is 35.5 Å². The number of aromatic hydroxyl groups is 1. The highest BCUT2D eigenvalue weighted by atomic mass is 16.4. The Kier molecular flexibility index (Phi) is 2.40. The number of aromatic nitrogens is 1. The molecule has 86 valence electrons. The molecule has 0 aliphatic carbocycles. The number of benzene rings is 1. The zero-order valence-corrected chi connectivity index (χ0v) is 8.41. The van der Waals surface area contributed by atoms with E-state index in [4.69, 9.17) is 10.2 Å². The van der Waals surface area contributed by atoms with E-state index in [-0.39, 0.29) is 16.5 Å². The maximum atomic E-state index is 11.0. The van der Waals surface area contributed by atoms with Gasteiger partial charge in [-0.2, -0.15) is 0 Å². The fourth-order valence-corrected chi connectivity index (χ4v) is 1.57. The van der Waals surface area contributed by atoms with E-state index in [9.17, 15) is 14.7 Å². The highest BCUT2D eigenvalue weighted by Gasteiger charge is 2.19. The van der Waals surface area contributed by atoms with E-state index in [1.807, 2.05) is 0 Å². The van der Waals surface area contributed by atoms with E-state index in [1.165, 1.54) is 18.3 Å². The van der Waals surface area contributed by atoms with Crippen molar-refractivity contribution in [2.24, 2.45) is 0 Å². The van der Waals surface area contributed by atoms with Crippen LogP contribution < -0.4 is 0 Å². The van der Waals surface area contributed by atoms with Crippen molar-refractivity contribution in [2.75, 3.05) is 0 Å². The highest BCUT2D eigenvalue weighted by molar-refractivity contribution is 6.09. The number of pyridine rings is 1. The summed E-state index contributed by atoms with van der Waals surface area (Å²) in [4.78, 5) is 25.6. The average Bonchev–Trinajstić information content (AvgIpc) is 2.29. The van der Waals surface area contributed by atoms with Gasteiger partial charge in [0.15, 0.2) is 5.75 Å². The minimum atomic E-state index is -1.41. The van der Waals surface area contributed by atoms with Crippen molar-refractivity contribution in [1.82, 2.24) is 4.98 Å².